The number of rotatable bonds is 4. The highest BCUT2D eigenvalue weighted by molar-refractivity contribution is 5.57. The van der Waals surface area contributed by atoms with E-state index in [0.717, 1.165) is 18.9 Å². The second-order valence-corrected chi connectivity index (χ2v) is 3.57. The fourth-order valence-electron chi connectivity index (χ4n) is 0.571. The molecule has 10 heavy (non-hydrogen) atoms. The molecule has 0 aliphatic heterocycles. The lowest BCUT2D eigenvalue weighted by atomic mass is 10.1. The average molecular weight is 141 g/mol. The van der Waals surface area contributed by atoms with Gasteiger partial charge in [-0.2, -0.15) is 0 Å². The van der Waals surface area contributed by atoms with Gasteiger partial charge in [0, 0.05) is 6.54 Å². The quantitative estimate of drug-likeness (QED) is 0.534. The van der Waals surface area contributed by atoms with Gasteiger partial charge < -0.3 is 0 Å². The third-order valence-corrected chi connectivity index (χ3v) is 1.18. The van der Waals surface area contributed by atoms with E-state index in [1.807, 2.05) is 6.21 Å². The Morgan fingerprint density at radius 1 is 1.10 bits per heavy atom. The van der Waals surface area contributed by atoms with Crippen LogP contribution in [0.4, 0.5) is 0 Å². The molecule has 0 unspecified atom stereocenters. The van der Waals surface area contributed by atoms with E-state index in [2.05, 4.69) is 32.7 Å². The molecule has 0 amide bonds. The molecule has 0 spiro atoms. The van der Waals surface area contributed by atoms with Crippen LogP contribution in [-0.4, -0.2) is 12.8 Å². The van der Waals surface area contributed by atoms with Gasteiger partial charge in [0.15, 0.2) is 0 Å². The van der Waals surface area contributed by atoms with Crippen molar-refractivity contribution >= 4 is 6.21 Å². The van der Waals surface area contributed by atoms with Gasteiger partial charge in [-0.15, -0.1) is 0 Å². The van der Waals surface area contributed by atoms with Crippen molar-refractivity contribution < 1.29 is 0 Å². The molecule has 0 aliphatic rings. The van der Waals surface area contributed by atoms with Crippen LogP contribution in [0.3, 0.4) is 0 Å². The van der Waals surface area contributed by atoms with Crippen LogP contribution in [0.1, 0.15) is 34.1 Å². The van der Waals surface area contributed by atoms with Crippen LogP contribution in [0.25, 0.3) is 0 Å². The van der Waals surface area contributed by atoms with Gasteiger partial charge in [-0.3, -0.25) is 4.99 Å². The maximum atomic E-state index is 4.29. The third kappa shape index (κ3) is 7.67. The van der Waals surface area contributed by atoms with Crippen molar-refractivity contribution in [1.29, 1.82) is 0 Å². The summed E-state index contributed by atoms with van der Waals surface area (Å²) in [6.07, 6.45) is 3.16. The Balaban J connectivity index is 3.20. The molecular formula is C9H19N. The summed E-state index contributed by atoms with van der Waals surface area (Å²) in [5.74, 6) is 1.44. The Labute approximate surface area is 64.6 Å². The molecule has 1 heteroatoms. The van der Waals surface area contributed by atoms with Gasteiger partial charge in [0.1, 0.15) is 0 Å². The zero-order valence-electron chi connectivity index (χ0n) is 7.59. The van der Waals surface area contributed by atoms with Crippen LogP contribution in [0, 0.1) is 11.8 Å². The van der Waals surface area contributed by atoms with E-state index in [9.17, 15) is 0 Å². The van der Waals surface area contributed by atoms with Crippen LogP contribution >= 0.6 is 0 Å². The van der Waals surface area contributed by atoms with Crippen LogP contribution in [-0.2, 0) is 0 Å². The van der Waals surface area contributed by atoms with Crippen molar-refractivity contribution in [3.8, 4) is 0 Å². The minimum Gasteiger partial charge on any atom is -0.297 e. The summed E-state index contributed by atoms with van der Waals surface area (Å²) < 4.78 is 0. The highest BCUT2D eigenvalue weighted by atomic mass is 14.7. The first kappa shape index (κ1) is 9.67. The predicted molar refractivity (Wildman–Crippen MR) is 47.7 cm³/mol. The zero-order valence-corrected chi connectivity index (χ0v) is 7.59. The fourth-order valence-corrected chi connectivity index (χ4v) is 0.571. The number of nitrogens with zero attached hydrogens (tertiary/aromatic N) is 1. The first-order chi connectivity index (χ1) is 4.63. The fraction of sp³-hybridized carbons (Fsp3) is 0.889. The molecule has 0 fully saturated rings. The van der Waals surface area contributed by atoms with E-state index in [1.165, 1.54) is 0 Å². The maximum Gasteiger partial charge on any atom is 0.0408 e. The molecule has 0 radical (unpaired) electrons. The van der Waals surface area contributed by atoms with Gasteiger partial charge in [0.05, 0.1) is 0 Å². The summed E-state index contributed by atoms with van der Waals surface area (Å²) in [5, 5.41) is 0. The molecule has 0 rings (SSSR count). The molecule has 0 N–H and O–H groups in total. The Morgan fingerprint density at radius 2 is 1.70 bits per heavy atom. The minimum atomic E-state index is 0.698. The van der Waals surface area contributed by atoms with Crippen LogP contribution in [0.15, 0.2) is 4.99 Å². The van der Waals surface area contributed by atoms with Gasteiger partial charge in [-0.05, 0) is 24.5 Å². The van der Waals surface area contributed by atoms with Gasteiger partial charge in [-0.1, -0.05) is 27.7 Å². The third-order valence-electron chi connectivity index (χ3n) is 1.18. The van der Waals surface area contributed by atoms with E-state index >= 15 is 0 Å². The number of hydrogen-bond acceptors (Lipinski definition) is 1. The number of hydrogen-bond donors (Lipinski definition) is 0. The zero-order chi connectivity index (χ0) is 7.98. The second kappa shape index (κ2) is 5.45. The maximum absolute atomic E-state index is 4.29. The molecule has 0 heterocycles. The molecule has 0 aromatic heterocycles. The van der Waals surface area contributed by atoms with E-state index in [1.54, 1.807) is 0 Å². The lowest BCUT2D eigenvalue weighted by molar-refractivity contribution is 0.656. The molecule has 0 aromatic carbocycles. The molecule has 1 nitrogen and oxygen atoms in total. The standard InChI is InChI=1S/C9H19N/c1-8(2)5-6-10-7-9(3)4/h6,8-9H,5,7H2,1-4H3. The smallest absolute Gasteiger partial charge is 0.0408 e. The summed E-state index contributed by atoms with van der Waals surface area (Å²) in [6, 6.07) is 0. The van der Waals surface area contributed by atoms with Crippen LogP contribution in [0.5, 0.6) is 0 Å². The average Bonchev–Trinajstić information content (AvgIpc) is 1.79. The Morgan fingerprint density at radius 3 is 2.10 bits per heavy atom. The minimum absolute atomic E-state index is 0.698. The van der Waals surface area contributed by atoms with E-state index < -0.39 is 0 Å². The van der Waals surface area contributed by atoms with Crippen LogP contribution in [0.2, 0.25) is 0 Å². The first-order valence-corrected chi connectivity index (χ1v) is 4.11. The predicted octanol–water partition coefficient (Wildman–Crippen LogP) is 2.76. The Hall–Kier alpha value is -0.330. The van der Waals surface area contributed by atoms with Crippen molar-refractivity contribution in [2.75, 3.05) is 6.54 Å². The van der Waals surface area contributed by atoms with E-state index in [-0.39, 0.29) is 0 Å². The van der Waals surface area contributed by atoms with Gasteiger partial charge in [-0.25, -0.2) is 0 Å². The summed E-state index contributed by atoms with van der Waals surface area (Å²) in [5.41, 5.74) is 0. The first-order valence-electron chi connectivity index (χ1n) is 4.11. The van der Waals surface area contributed by atoms with Crippen LogP contribution < -0.4 is 0 Å². The molecule has 60 valence electrons. The SMILES string of the molecule is CC(C)CC=NCC(C)C. The lowest BCUT2D eigenvalue weighted by Gasteiger charge is -1.98. The Kier molecular flexibility index (Phi) is 5.27. The summed E-state index contributed by atoms with van der Waals surface area (Å²) in [7, 11) is 0. The van der Waals surface area contributed by atoms with E-state index in [4.69, 9.17) is 0 Å². The monoisotopic (exact) mass is 141 g/mol. The highest BCUT2D eigenvalue weighted by Crippen LogP contribution is 1.96. The van der Waals surface area contributed by atoms with Crippen molar-refractivity contribution in [2.45, 2.75) is 34.1 Å². The molecular weight excluding hydrogens is 122 g/mol. The molecule has 0 saturated carbocycles. The van der Waals surface area contributed by atoms with Crippen molar-refractivity contribution in [2.24, 2.45) is 16.8 Å². The van der Waals surface area contributed by atoms with Gasteiger partial charge in [0.25, 0.3) is 0 Å². The largest absolute Gasteiger partial charge is 0.297 e. The summed E-state index contributed by atoms with van der Waals surface area (Å²) in [6.45, 7) is 9.77. The van der Waals surface area contributed by atoms with Crippen molar-refractivity contribution in [1.82, 2.24) is 0 Å². The Bertz CT molecular complexity index is 80.9. The lowest BCUT2D eigenvalue weighted by Crippen LogP contribution is -1.94. The summed E-state index contributed by atoms with van der Waals surface area (Å²) in [4.78, 5) is 4.29. The molecule has 0 saturated heterocycles. The highest BCUT2D eigenvalue weighted by Gasteiger charge is 1.89. The molecule has 0 atom stereocenters. The van der Waals surface area contributed by atoms with E-state index in [0.29, 0.717) is 5.92 Å². The van der Waals surface area contributed by atoms with Crippen molar-refractivity contribution in [3.05, 3.63) is 0 Å². The van der Waals surface area contributed by atoms with Gasteiger partial charge in [0.2, 0.25) is 0 Å². The molecule has 0 aromatic rings. The normalized spacial score (nSPS) is 12.2. The van der Waals surface area contributed by atoms with Gasteiger partial charge >= 0.3 is 0 Å². The molecule has 0 bridgehead atoms. The van der Waals surface area contributed by atoms with Crippen molar-refractivity contribution in [3.63, 3.8) is 0 Å². The summed E-state index contributed by atoms with van der Waals surface area (Å²) >= 11 is 0. The topological polar surface area (TPSA) is 12.4 Å². The second-order valence-electron chi connectivity index (χ2n) is 3.57. The number of aliphatic imine (C=N–C) groups is 1. The molecule has 0 aliphatic carbocycles.